The molecule has 1 aromatic rings. The van der Waals surface area contributed by atoms with E-state index in [9.17, 15) is 9.59 Å². The number of rotatable bonds is 6. The van der Waals surface area contributed by atoms with Crippen LogP contribution in [0.1, 0.15) is 11.7 Å². The Balaban J connectivity index is 2.74. The molecule has 0 unspecified atom stereocenters. The largest absolute Gasteiger partial charge is 0.439 e. The van der Waals surface area contributed by atoms with Crippen LogP contribution >= 0.6 is 11.6 Å². The van der Waals surface area contributed by atoms with Gasteiger partial charge in [-0.2, -0.15) is 0 Å². The zero-order valence-corrected chi connectivity index (χ0v) is 9.72. The monoisotopic (exact) mass is 257 g/mol. The average Bonchev–Trinajstić information content (AvgIpc) is 2.27. The van der Waals surface area contributed by atoms with Gasteiger partial charge in [-0.3, -0.25) is 0 Å². The lowest BCUT2D eigenvalue weighted by atomic mass is 10.1. The van der Waals surface area contributed by atoms with Gasteiger partial charge in [0.1, 0.15) is 12.9 Å². The van der Waals surface area contributed by atoms with Gasteiger partial charge >= 0.3 is 6.09 Å². The number of carbonyl (C=O) groups excluding carboxylic acids is 2. The number of benzene rings is 1. The molecule has 0 aliphatic rings. The van der Waals surface area contributed by atoms with Gasteiger partial charge in [0.05, 0.1) is 6.61 Å². The summed E-state index contributed by atoms with van der Waals surface area (Å²) in [6.07, 6.45) is -0.977. The average molecular weight is 258 g/mol. The van der Waals surface area contributed by atoms with Crippen LogP contribution in [0, 0.1) is 0 Å². The molecule has 0 heterocycles. The molecule has 0 spiro atoms. The van der Waals surface area contributed by atoms with E-state index < -0.39 is 12.2 Å². The zero-order valence-electron chi connectivity index (χ0n) is 8.97. The number of carbonyl (C=O) groups is 2. The van der Waals surface area contributed by atoms with Crippen LogP contribution < -0.4 is 5.73 Å². The summed E-state index contributed by atoms with van der Waals surface area (Å²) in [4.78, 5) is 20.9. The molecule has 5 nitrogen and oxygen atoms in total. The van der Waals surface area contributed by atoms with Crippen molar-refractivity contribution in [2.75, 3.05) is 13.2 Å². The molecule has 0 saturated heterocycles. The van der Waals surface area contributed by atoms with Gasteiger partial charge in [-0.15, -0.1) is 0 Å². The summed E-state index contributed by atoms with van der Waals surface area (Å²) >= 11 is 5.82. The minimum atomic E-state index is -0.912. The summed E-state index contributed by atoms with van der Waals surface area (Å²) in [5.74, 6) is 0. The van der Waals surface area contributed by atoms with Crippen LogP contribution in [0.15, 0.2) is 24.3 Å². The van der Waals surface area contributed by atoms with Gasteiger partial charge < -0.3 is 20.0 Å². The Hall–Kier alpha value is -1.59. The summed E-state index contributed by atoms with van der Waals surface area (Å²) < 4.78 is 9.87. The Kier molecular flexibility index (Phi) is 5.45. The fourth-order valence-electron chi connectivity index (χ4n) is 1.27. The summed E-state index contributed by atoms with van der Waals surface area (Å²) in [6, 6.07) is 6.77. The molecule has 0 aliphatic carbocycles. The Morgan fingerprint density at radius 2 is 2.29 bits per heavy atom. The Morgan fingerprint density at radius 1 is 1.53 bits per heavy atom. The van der Waals surface area contributed by atoms with Crippen LogP contribution in [0.3, 0.4) is 0 Å². The molecule has 0 bridgehead atoms. The van der Waals surface area contributed by atoms with Crippen LogP contribution in [0.4, 0.5) is 4.79 Å². The van der Waals surface area contributed by atoms with E-state index in [0.717, 1.165) is 0 Å². The molecule has 1 aromatic carbocycles. The third kappa shape index (κ3) is 4.84. The number of ether oxygens (including phenoxy) is 2. The summed E-state index contributed by atoms with van der Waals surface area (Å²) in [5.41, 5.74) is 5.61. The number of nitrogens with two attached hydrogens (primary N) is 1. The predicted octanol–water partition coefficient (Wildman–Crippen LogP) is 1.69. The second-order valence-electron chi connectivity index (χ2n) is 3.18. The maximum absolute atomic E-state index is 10.7. The highest BCUT2D eigenvalue weighted by molar-refractivity contribution is 6.30. The molecule has 1 amide bonds. The topological polar surface area (TPSA) is 78.6 Å². The fraction of sp³-hybridized carbons (Fsp3) is 0.273. The van der Waals surface area contributed by atoms with Crippen molar-refractivity contribution in [3.8, 4) is 0 Å². The lowest BCUT2D eigenvalue weighted by Crippen LogP contribution is -2.21. The second kappa shape index (κ2) is 6.88. The first-order valence-electron chi connectivity index (χ1n) is 4.86. The Bertz CT molecular complexity index is 397. The first-order chi connectivity index (χ1) is 8.13. The predicted molar refractivity (Wildman–Crippen MR) is 61.7 cm³/mol. The number of aldehydes is 1. The van der Waals surface area contributed by atoms with Gasteiger partial charge in [-0.05, 0) is 17.7 Å². The van der Waals surface area contributed by atoms with Gasteiger partial charge in [0.15, 0.2) is 6.10 Å². The first-order valence-corrected chi connectivity index (χ1v) is 5.24. The molecule has 2 N–H and O–H groups in total. The van der Waals surface area contributed by atoms with Crippen molar-refractivity contribution >= 4 is 24.0 Å². The Labute approximate surface area is 103 Å². The Morgan fingerprint density at radius 3 is 2.88 bits per heavy atom. The van der Waals surface area contributed by atoms with Crippen molar-refractivity contribution in [2.24, 2.45) is 5.73 Å². The number of amides is 1. The van der Waals surface area contributed by atoms with Crippen molar-refractivity contribution in [2.45, 2.75) is 6.10 Å². The van der Waals surface area contributed by atoms with E-state index in [1.807, 2.05) is 0 Å². The molecular weight excluding hydrogens is 246 g/mol. The normalized spacial score (nSPS) is 11.8. The second-order valence-corrected chi connectivity index (χ2v) is 3.62. The van der Waals surface area contributed by atoms with Crippen LogP contribution in [0.2, 0.25) is 5.02 Å². The van der Waals surface area contributed by atoms with Crippen molar-refractivity contribution in [3.63, 3.8) is 0 Å². The summed E-state index contributed by atoms with van der Waals surface area (Å²) in [6.45, 7) is -0.0266. The van der Waals surface area contributed by atoms with Crippen LogP contribution in [0.5, 0.6) is 0 Å². The molecule has 6 heteroatoms. The van der Waals surface area contributed by atoms with E-state index in [1.165, 1.54) is 0 Å². The highest BCUT2D eigenvalue weighted by Crippen LogP contribution is 2.21. The smallest absolute Gasteiger partial charge is 0.405 e. The SMILES string of the molecule is NC(=O)O[C@H](COCC=O)c1cccc(Cl)c1. The molecular formula is C11H12ClNO4. The third-order valence-electron chi connectivity index (χ3n) is 1.93. The van der Waals surface area contributed by atoms with E-state index in [-0.39, 0.29) is 13.2 Å². The van der Waals surface area contributed by atoms with Gasteiger partial charge in [0, 0.05) is 5.02 Å². The van der Waals surface area contributed by atoms with E-state index in [1.54, 1.807) is 24.3 Å². The van der Waals surface area contributed by atoms with Crippen LogP contribution in [-0.2, 0) is 14.3 Å². The van der Waals surface area contributed by atoms with Gasteiger partial charge in [-0.1, -0.05) is 23.7 Å². The molecule has 0 radical (unpaired) electrons. The number of hydrogen-bond acceptors (Lipinski definition) is 4. The minimum absolute atomic E-state index is 0.0437. The number of halogens is 1. The summed E-state index contributed by atoms with van der Waals surface area (Å²) in [7, 11) is 0. The van der Waals surface area contributed by atoms with Crippen molar-refractivity contribution in [1.29, 1.82) is 0 Å². The molecule has 0 saturated carbocycles. The van der Waals surface area contributed by atoms with Crippen molar-refractivity contribution < 1.29 is 19.1 Å². The van der Waals surface area contributed by atoms with E-state index in [4.69, 9.17) is 26.8 Å². The lowest BCUT2D eigenvalue weighted by molar-refractivity contribution is -0.112. The molecule has 0 fully saturated rings. The van der Waals surface area contributed by atoms with Crippen LogP contribution in [-0.4, -0.2) is 25.6 Å². The van der Waals surface area contributed by atoms with Gasteiger partial charge in [0.25, 0.3) is 0 Å². The number of hydrogen-bond donors (Lipinski definition) is 1. The molecule has 0 aliphatic heterocycles. The highest BCUT2D eigenvalue weighted by Gasteiger charge is 2.15. The molecule has 17 heavy (non-hydrogen) atoms. The maximum atomic E-state index is 10.7. The zero-order chi connectivity index (χ0) is 12.7. The van der Waals surface area contributed by atoms with Crippen LogP contribution in [0.25, 0.3) is 0 Å². The van der Waals surface area contributed by atoms with Crippen molar-refractivity contribution in [3.05, 3.63) is 34.9 Å². The summed E-state index contributed by atoms with van der Waals surface area (Å²) in [5, 5.41) is 0.510. The third-order valence-corrected chi connectivity index (χ3v) is 2.17. The molecule has 0 aromatic heterocycles. The maximum Gasteiger partial charge on any atom is 0.405 e. The van der Waals surface area contributed by atoms with Gasteiger partial charge in [-0.25, -0.2) is 4.79 Å². The van der Waals surface area contributed by atoms with Gasteiger partial charge in [0.2, 0.25) is 0 Å². The molecule has 1 rings (SSSR count). The van der Waals surface area contributed by atoms with E-state index in [0.29, 0.717) is 16.9 Å². The molecule has 1 atom stereocenters. The lowest BCUT2D eigenvalue weighted by Gasteiger charge is -2.16. The highest BCUT2D eigenvalue weighted by atomic mass is 35.5. The standard InChI is InChI=1S/C11H12ClNO4/c12-9-3-1-2-8(6-9)10(17-11(13)15)7-16-5-4-14/h1-4,6,10H,5,7H2,(H2,13,15)/t10-/m1/s1. The fourth-order valence-corrected chi connectivity index (χ4v) is 1.47. The van der Waals surface area contributed by atoms with E-state index >= 15 is 0 Å². The van der Waals surface area contributed by atoms with E-state index in [2.05, 4.69) is 0 Å². The quantitative estimate of drug-likeness (QED) is 0.621. The first kappa shape index (κ1) is 13.5. The number of primary amides is 1. The molecule has 92 valence electrons. The van der Waals surface area contributed by atoms with Crippen molar-refractivity contribution in [1.82, 2.24) is 0 Å². The minimum Gasteiger partial charge on any atom is -0.439 e.